The Hall–Kier alpha value is -1.43. The van der Waals surface area contributed by atoms with Crippen LogP contribution in [-0.2, 0) is 16.7 Å². The van der Waals surface area contributed by atoms with E-state index in [1.807, 2.05) is 24.3 Å². The number of hydrogen-bond acceptors (Lipinski definition) is 2. The smallest absolute Gasteiger partial charge is 0.173 e. The number of anilines is 1. The first-order valence-corrected chi connectivity index (χ1v) is 11.0. The number of rotatable bonds is 5. The SMILES string of the molecule is CC(C)(C)c1ccc(CN(CC2CCCO2)C(=S)Nc2ccc(Br)cc2)cc1. The van der Waals surface area contributed by atoms with Crippen molar-refractivity contribution in [3.8, 4) is 0 Å². The highest BCUT2D eigenvalue weighted by Crippen LogP contribution is 2.23. The number of ether oxygens (including phenoxy) is 1. The molecule has 28 heavy (non-hydrogen) atoms. The van der Waals surface area contributed by atoms with Crippen LogP contribution in [0.4, 0.5) is 5.69 Å². The third kappa shape index (κ3) is 6.03. The summed E-state index contributed by atoms with van der Waals surface area (Å²) >= 11 is 9.23. The number of hydrogen-bond donors (Lipinski definition) is 1. The van der Waals surface area contributed by atoms with Gasteiger partial charge >= 0.3 is 0 Å². The normalized spacial score (nSPS) is 16.8. The summed E-state index contributed by atoms with van der Waals surface area (Å²) in [4.78, 5) is 2.22. The van der Waals surface area contributed by atoms with Crippen molar-refractivity contribution in [1.82, 2.24) is 4.90 Å². The van der Waals surface area contributed by atoms with Gasteiger partial charge < -0.3 is 15.0 Å². The van der Waals surface area contributed by atoms with Gasteiger partial charge in [-0.3, -0.25) is 0 Å². The summed E-state index contributed by atoms with van der Waals surface area (Å²) < 4.78 is 6.92. The average molecular weight is 461 g/mol. The van der Waals surface area contributed by atoms with Crippen LogP contribution in [-0.4, -0.2) is 29.3 Å². The van der Waals surface area contributed by atoms with Gasteiger partial charge in [0.05, 0.1) is 6.10 Å². The molecule has 0 spiro atoms. The van der Waals surface area contributed by atoms with E-state index in [0.717, 1.165) is 47.8 Å². The first-order chi connectivity index (χ1) is 13.3. The molecule has 1 saturated heterocycles. The number of thiocarbonyl (C=S) groups is 1. The zero-order valence-electron chi connectivity index (χ0n) is 16.9. The molecule has 1 atom stereocenters. The highest BCUT2D eigenvalue weighted by atomic mass is 79.9. The summed E-state index contributed by atoms with van der Waals surface area (Å²) in [7, 11) is 0. The summed E-state index contributed by atoms with van der Waals surface area (Å²) in [6.07, 6.45) is 2.48. The minimum atomic E-state index is 0.161. The molecular weight excluding hydrogens is 432 g/mol. The first-order valence-electron chi connectivity index (χ1n) is 9.84. The highest BCUT2D eigenvalue weighted by Gasteiger charge is 2.21. The molecule has 0 aliphatic carbocycles. The molecular formula is C23H29BrN2OS. The molecule has 2 aromatic carbocycles. The van der Waals surface area contributed by atoms with Gasteiger partial charge in [-0.25, -0.2) is 0 Å². The van der Waals surface area contributed by atoms with E-state index in [0.29, 0.717) is 0 Å². The van der Waals surface area contributed by atoms with Gasteiger partial charge in [0, 0.05) is 29.9 Å². The van der Waals surface area contributed by atoms with Gasteiger partial charge in [-0.15, -0.1) is 0 Å². The maximum atomic E-state index is 5.87. The molecule has 2 aromatic rings. The van der Waals surface area contributed by atoms with Gasteiger partial charge in [0.15, 0.2) is 5.11 Å². The van der Waals surface area contributed by atoms with E-state index in [9.17, 15) is 0 Å². The quantitative estimate of drug-likeness (QED) is 0.542. The van der Waals surface area contributed by atoms with Crippen LogP contribution < -0.4 is 5.32 Å². The van der Waals surface area contributed by atoms with E-state index < -0.39 is 0 Å². The van der Waals surface area contributed by atoms with Crippen LogP contribution >= 0.6 is 28.1 Å². The topological polar surface area (TPSA) is 24.5 Å². The molecule has 1 fully saturated rings. The highest BCUT2D eigenvalue weighted by molar-refractivity contribution is 9.10. The van der Waals surface area contributed by atoms with Crippen LogP contribution in [0, 0.1) is 0 Å². The van der Waals surface area contributed by atoms with E-state index >= 15 is 0 Å². The maximum absolute atomic E-state index is 5.87. The Morgan fingerprint density at radius 2 is 1.82 bits per heavy atom. The lowest BCUT2D eigenvalue weighted by Crippen LogP contribution is -2.39. The molecule has 0 amide bonds. The van der Waals surface area contributed by atoms with E-state index in [4.69, 9.17) is 17.0 Å². The molecule has 0 bridgehead atoms. The van der Waals surface area contributed by atoms with Crippen molar-refractivity contribution >= 4 is 38.9 Å². The second kappa shape index (κ2) is 9.38. The Morgan fingerprint density at radius 1 is 1.14 bits per heavy atom. The summed E-state index contributed by atoms with van der Waals surface area (Å²) in [6, 6.07) is 17.0. The first kappa shape index (κ1) is 21.3. The summed E-state index contributed by atoms with van der Waals surface area (Å²) in [5.41, 5.74) is 3.76. The van der Waals surface area contributed by atoms with Gasteiger partial charge in [-0.1, -0.05) is 61.0 Å². The Bertz CT molecular complexity index is 778. The van der Waals surface area contributed by atoms with Crippen molar-refractivity contribution in [1.29, 1.82) is 0 Å². The van der Waals surface area contributed by atoms with Gasteiger partial charge in [-0.2, -0.15) is 0 Å². The van der Waals surface area contributed by atoms with Crippen molar-refractivity contribution in [2.75, 3.05) is 18.5 Å². The third-order valence-corrected chi connectivity index (χ3v) is 5.91. The third-order valence-electron chi connectivity index (χ3n) is 5.02. The summed E-state index contributed by atoms with van der Waals surface area (Å²) in [5, 5.41) is 4.11. The second-order valence-corrected chi connectivity index (χ2v) is 9.70. The Kier molecular flexibility index (Phi) is 7.13. The number of nitrogens with zero attached hydrogens (tertiary/aromatic N) is 1. The molecule has 0 radical (unpaired) electrons. The van der Waals surface area contributed by atoms with Crippen molar-refractivity contribution in [2.45, 2.75) is 51.7 Å². The Balaban J connectivity index is 1.72. The zero-order chi connectivity index (χ0) is 20.1. The fourth-order valence-electron chi connectivity index (χ4n) is 3.32. The van der Waals surface area contributed by atoms with Crippen LogP contribution in [0.3, 0.4) is 0 Å². The predicted octanol–water partition coefficient (Wildman–Crippen LogP) is 6.12. The minimum Gasteiger partial charge on any atom is -0.376 e. The van der Waals surface area contributed by atoms with Crippen LogP contribution in [0.5, 0.6) is 0 Å². The second-order valence-electron chi connectivity index (χ2n) is 8.40. The Morgan fingerprint density at radius 3 is 2.39 bits per heavy atom. The fourth-order valence-corrected chi connectivity index (χ4v) is 3.84. The largest absolute Gasteiger partial charge is 0.376 e. The maximum Gasteiger partial charge on any atom is 0.173 e. The van der Waals surface area contributed by atoms with Crippen LogP contribution in [0.1, 0.15) is 44.7 Å². The molecule has 5 heteroatoms. The predicted molar refractivity (Wildman–Crippen MR) is 125 cm³/mol. The number of nitrogens with one attached hydrogen (secondary N) is 1. The van der Waals surface area contributed by atoms with E-state index in [1.165, 1.54) is 11.1 Å². The minimum absolute atomic E-state index is 0.161. The van der Waals surface area contributed by atoms with E-state index in [-0.39, 0.29) is 11.5 Å². The number of benzene rings is 2. The molecule has 1 unspecified atom stereocenters. The summed E-state index contributed by atoms with van der Waals surface area (Å²) in [5.74, 6) is 0. The standard InChI is InChI=1S/C23H29BrN2OS/c1-23(2,3)18-8-6-17(7-9-18)15-26(16-21-5-4-14-27-21)22(28)25-20-12-10-19(24)11-13-20/h6-13,21H,4-5,14-16H2,1-3H3,(H,25,28). The zero-order valence-corrected chi connectivity index (χ0v) is 19.3. The van der Waals surface area contributed by atoms with Gasteiger partial charge in [-0.05, 0) is 65.9 Å². The molecule has 0 aromatic heterocycles. The van der Waals surface area contributed by atoms with Crippen LogP contribution in [0.2, 0.25) is 0 Å². The monoisotopic (exact) mass is 460 g/mol. The lowest BCUT2D eigenvalue weighted by molar-refractivity contribution is 0.0905. The fraction of sp³-hybridized carbons (Fsp3) is 0.435. The van der Waals surface area contributed by atoms with Crippen molar-refractivity contribution in [3.63, 3.8) is 0 Å². The van der Waals surface area contributed by atoms with Gasteiger partial charge in [0.2, 0.25) is 0 Å². The molecule has 1 aliphatic rings. The molecule has 1 aliphatic heterocycles. The molecule has 150 valence electrons. The van der Waals surface area contributed by atoms with Gasteiger partial charge in [0.1, 0.15) is 0 Å². The lowest BCUT2D eigenvalue weighted by Gasteiger charge is -2.29. The Labute approximate surface area is 182 Å². The summed E-state index contributed by atoms with van der Waals surface area (Å²) in [6.45, 7) is 9.15. The molecule has 3 nitrogen and oxygen atoms in total. The van der Waals surface area contributed by atoms with Crippen molar-refractivity contribution < 1.29 is 4.74 Å². The van der Waals surface area contributed by atoms with Gasteiger partial charge in [0.25, 0.3) is 0 Å². The number of halogens is 1. The average Bonchev–Trinajstić information content (AvgIpc) is 3.16. The molecule has 3 rings (SSSR count). The van der Waals surface area contributed by atoms with Crippen molar-refractivity contribution in [3.05, 3.63) is 64.1 Å². The van der Waals surface area contributed by atoms with Crippen LogP contribution in [0.15, 0.2) is 53.0 Å². The van der Waals surface area contributed by atoms with Crippen LogP contribution in [0.25, 0.3) is 0 Å². The van der Waals surface area contributed by atoms with Crippen molar-refractivity contribution in [2.24, 2.45) is 0 Å². The lowest BCUT2D eigenvalue weighted by atomic mass is 9.87. The van der Waals surface area contributed by atoms with E-state index in [1.54, 1.807) is 0 Å². The van der Waals surface area contributed by atoms with E-state index in [2.05, 4.69) is 71.2 Å². The molecule has 0 saturated carbocycles. The molecule has 1 heterocycles. The molecule has 1 N–H and O–H groups in total.